The summed E-state index contributed by atoms with van der Waals surface area (Å²) in [5.41, 5.74) is 6.71. The second kappa shape index (κ2) is 11.3. The second-order valence-corrected chi connectivity index (χ2v) is 8.64. The molecule has 0 atom stereocenters. The number of hydrogen-bond acceptors (Lipinski definition) is 4. The highest BCUT2D eigenvalue weighted by molar-refractivity contribution is 5.92. The Morgan fingerprint density at radius 1 is 1.00 bits per heavy atom. The van der Waals surface area contributed by atoms with Crippen molar-refractivity contribution < 1.29 is 9.59 Å². The third kappa shape index (κ3) is 7.11. The summed E-state index contributed by atoms with van der Waals surface area (Å²) < 4.78 is 0. The van der Waals surface area contributed by atoms with Gasteiger partial charge in [-0.3, -0.25) is 19.5 Å². The van der Waals surface area contributed by atoms with Crippen molar-refractivity contribution in [2.45, 2.75) is 64.2 Å². The zero-order valence-electron chi connectivity index (χ0n) is 17.7. The summed E-state index contributed by atoms with van der Waals surface area (Å²) in [7, 11) is 0. The molecule has 0 radical (unpaired) electrons. The van der Waals surface area contributed by atoms with E-state index in [1.807, 2.05) is 6.07 Å². The highest BCUT2D eigenvalue weighted by Crippen LogP contribution is 2.27. The summed E-state index contributed by atoms with van der Waals surface area (Å²) >= 11 is 0. The van der Waals surface area contributed by atoms with E-state index in [4.69, 9.17) is 5.73 Å². The number of amides is 2. The fourth-order valence-electron chi connectivity index (χ4n) is 4.52. The van der Waals surface area contributed by atoms with Crippen LogP contribution in [-0.2, 0) is 11.2 Å². The minimum absolute atomic E-state index is 0.381. The minimum atomic E-state index is -0.431. The van der Waals surface area contributed by atoms with Crippen molar-refractivity contribution >= 4 is 11.8 Å². The molecular formula is C23H36N4O2. The molecule has 2 N–H and O–H groups in total. The number of aryl methyl sites for hydroxylation is 1. The van der Waals surface area contributed by atoms with Crippen LogP contribution in [0, 0.1) is 5.92 Å². The van der Waals surface area contributed by atoms with Crippen LogP contribution in [0.4, 0.5) is 0 Å². The Morgan fingerprint density at radius 3 is 2.41 bits per heavy atom. The third-order valence-corrected chi connectivity index (χ3v) is 6.43. The van der Waals surface area contributed by atoms with Gasteiger partial charge in [0.15, 0.2) is 0 Å². The standard InChI is InChI=1S/C23H36N4O2/c24-23(29)20-10-11-21(25-18-20)9-5-2-6-12-26-13-15-27(16-14-26)22(28)17-19-7-3-1-4-8-19/h10-11,18-19H,1-9,12-17H2,(H2,24,29). The number of aromatic nitrogens is 1. The predicted molar refractivity (Wildman–Crippen MR) is 115 cm³/mol. The van der Waals surface area contributed by atoms with Gasteiger partial charge in [-0.15, -0.1) is 0 Å². The molecule has 1 aromatic heterocycles. The Labute approximate surface area is 174 Å². The molecule has 6 heteroatoms. The summed E-state index contributed by atoms with van der Waals surface area (Å²) in [5.74, 6) is 0.585. The molecule has 29 heavy (non-hydrogen) atoms. The van der Waals surface area contributed by atoms with Crippen LogP contribution >= 0.6 is 0 Å². The van der Waals surface area contributed by atoms with Crippen LogP contribution in [0.15, 0.2) is 18.3 Å². The van der Waals surface area contributed by atoms with E-state index in [2.05, 4.69) is 14.8 Å². The van der Waals surface area contributed by atoms with Gasteiger partial charge in [0.2, 0.25) is 11.8 Å². The van der Waals surface area contributed by atoms with Crippen LogP contribution < -0.4 is 5.73 Å². The van der Waals surface area contributed by atoms with Crippen molar-refractivity contribution in [2.75, 3.05) is 32.7 Å². The fraction of sp³-hybridized carbons (Fsp3) is 0.696. The zero-order chi connectivity index (χ0) is 20.5. The number of rotatable bonds is 9. The van der Waals surface area contributed by atoms with Gasteiger partial charge in [0.25, 0.3) is 0 Å². The molecule has 0 spiro atoms. The molecule has 2 fully saturated rings. The highest BCUT2D eigenvalue weighted by Gasteiger charge is 2.24. The lowest BCUT2D eigenvalue weighted by atomic mass is 9.86. The van der Waals surface area contributed by atoms with E-state index in [0.717, 1.165) is 57.7 Å². The number of nitrogens with two attached hydrogens (primary N) is 1. The minimum Gasteiger partial charge on any atom is -0.366 e. The van der Waals surface area contributed by atoms with Crippen LogP contribution in [-0.4, -0.2) is 59.3 Å². The van der Waals surface area contributed by atoms with Crippen LogP contribution in [0.25, 0.3) is 0 Å². The molecule has 2 amide bonds. The average Bonchev–Trinajstić information content (AvgIpc) is 2.75. The van der Waals surface area contributed by atoms with Crippen molar-refractivity contribution in [2.24, 2.45) is 11.7 Å². The SMILES string of the molecule is NC(=O)c1ccc(CCCCCN2CCN(C(=O)CC3CCCCC3)CC2)nc1. The molecular weight excluding hydrogens is 364 g/mol. The first kappa shape index (κ1) is 21.8. The van der Waals surface area contributed by atoms with Crippen molar-refractivity contribution in [1.82, 2.24) is 14.8 Å². The van der Waals surface area contributed by atoms with Crippen molar-refractivity contribution in [3.05, 3.63) is 29.6 Å². The van der Waals surface area contributed by atoms with E-state index in [0.29, 0.717) is 17.4 Å². The van der Waals surface area contributed by atoms with Gasteiger partial charge >= 0.3 is 0 Å². The van der Waals surface area contributed by atoms with Crippen LogP contribution in [0.3, 0.4) is 0 Å². The molecule has 1 saturated carbocycles. The second-order valence-electron chi connectivity index (χ2n) is 8.64. The van der Waals surface area contributed by atoms with Gasteiger partial charge in [-0.05, 0) is 56.7 Å². The highest BCUT2D eigenvalue weighted by atomic mass is 16.2. The van der Waals surface area contributed by atoms with Gasteiger partial charge < -0.3 is 10.6 Å². The van der Waals surface area contributed by atoms with Gasteiger partial charge in [0.1, 0.15) is 0 Å². The predicted octanol–water partition coefficient (Wildman–Crippen LogP) is 3.01. The molecule has 6 nitrogen and oxygen atoms in total. The van der Waals surface area contributed by atoms with Crippen molar-refractivity contribution in [1.29, 1.82) is 0 Å². The fourth-order valence-corrected chi connectivity index (χ4v) is 4.52. The maximum Gasteiger partial charge on any atom is 0.250 e. The zero-order valence-corrected chi connectivity index (χ0v) is 17.7. The maximum atomic E-state index is 12.5. The quantitative estimate of drug-likeness (QED) is 0.646. The maximum absolute atomic E-state index is 12.5. The first-order valence-corrected chi connectivity index (χ1v) is 11.4. The van der Waals surface area contributed by atoms with Crippen molar-refractivity contribution in [3.8, 4) is 0 Å². The largest absolute Gasteiger partial charge is 0.366 e. The Morgan fingerprint density at radius 2 is 1.76 bits per heavy atom. The molecule has 2 heterocycles. The topological polar surface area (TPSA) is 79.5 Å². The number of nitrogens with zero attached hydrogens (tertiary/aromatic N) is 3. The average molecular weight is 401 g/mol. The number of primary amides is 1. The number of hydrogen-bond donors (Lipinski definition) is 1. The van der Waals surface area contributed by atoms with E-state index in [9.17, 15) is 9.59 Å². The Hall–Kier alpha value is -1.95. The van der Waals surface area contributed by atoms with Crippen LogP contribution in [0.1, 0.15) is 73.8 Å². The lowest BCUT2D eigenvalue weighted by Crippen LogP contribution is -2.49. The molecule has 160 valence electrons. The normalized spacial score (nSPS) is 18.7. The number of piperazine rings is 1. The first-order chi connectivity index (χ1) is 14.1. The van der Waals surface area contributed by atoms with Crippen LogP contribution in [0.2, 0.25) is 0 Å². The van der Waals surface area contributed by atoms with E-state index >= 15 is 0 Å². The van der Waals surface area contributed by atoms with E-state index < -0.39 is 5.91 Å². The summed E-state index contributed by atoms with van der Waals surface area (Å²) in [6.07, 6.45) is 13.2. The molecule has 1 aromatic rings. The van der Waals surface area contributed by atoms with Gasteiger partial charge in [-0.25, -0.2) is 0 Å². The molecule has 3 rings (SSSR count). The number of carbonyl (C=O) groups excluding carboxylic acids is 2. The summed E-state index contributed by atoms with van der Waals surface area (Å²) in [6, 6.07) is 3.64. The van der Waals surface area contributed by atoms with Gasteiger partial charge in [-0.2, -0.15) is 0 Å². The molecule has 0 unspecified atom stereocenters. The Kier molecular flexibility index (Phi) is 8.47. The molecule has 0 bridgehead atoms. The molecule has 1 aliphatic heterocycles. The summed E-state index contributed by atoms with van der Waals surface area (Å²) in [5, 5.41) is 0. The number of pyridine rings is 1. The first-order valence-electron chi connectivity index (χ1n) is 11.4. The smallest absolute Gasteiger partial charge is 0.250 e. The summed E-state index contributed by atoms with van der Waals surface area (Å²) in [4.78, 5) is 32.5. The lowest BCUT2D eigenvalue weighted by molar-refractivity contribution is -0.134. The van der Waals surface area contributed by atoms with Gasteiger partial charge in [-0.1, -0.05) is 25.7 Å². The molecule has 1 aliphatic carbocycles. The summed E-state index contributed by atoms with van der Waals surface area (Å²) in [6.45, 7) is 4.90. The molecule has 2 aliphatic rings. The van der Waals surface area contributed by atoms with E-state index in [1.54, 1.807) is 12.3 Å². The van der Waals surface area contributed by atoms with Gasteiger partial charge in [0, 0.05) is 44.5 Å². The monoisotopic (exact) mass is 400 g/mol. The number of carbonyl (C=O) groups is 2. The Balaban J connectivity index is 1.25. The van der Waals surface area contributed by atoms with Gasteiger partial charge in [0.05, 0.1) is 5.56 Å². The van der Waals surface area contributed by atoms with Crippen LogP contribution in [0.5, 0.6) is 0 Å². The Bertz CT molecular complexity index is 647. The number of unbranched alkanes of at least 4 members (excludes halogenated alkanes) is 2. The van der Waals surface area contributed by atoms with E-state index in [1.165, 1.54) is 44.9 Å². The molecule has 0 aromatic carbocycles. The van der Waals surface area contributed by atoms with Crippen molar-refractivity contribution in [3.63, 3.8) is 0 Å². The lowest BCUT2D eigenvalue weighted by Gasteiger charge is -2.35. The molecule has 1 saturated heterocycles. The van der Waals surface area contributed by atoms with E-state index in [-0.39, 0.29) is 0 Å². The third-order valence-electron chi connectivity index (χ3n) is 6.43.